The first-order chi connectivity index (χ1) is 23.5. The van der Waals surface area contributed by atoms with Crippen LogP contribution in [-0.4, -0.2) is 60.8 Å². The number of hydrogen-bond acceptors (Lipinski definition) is 6. The number of piperidine rings is 1. The quantitative estimate of drug-likeness (QED) is 0.0646. The number of carbonyl (C=O) groups is 2. The average molecular weight is 663 g/mol. The van der Waals surface area contributed by atoms with Crippen molar-refractivity contribution in [3.8, 4) is 0 Å². The fraction of sp³-hybridized carbons (Fsp3) is 0.659. The Balaban J connectivity index is 1.17. The highest BCUT2D eigenvalue weighted by Gasteiger charge is 2.57. The van der Waals surface area contributed by atoms with Crippen molar-refractivity contribution in [2.45, 2.75) is 153 Å². The van der Waals surface area contributed by atoms with Crippen molar-refractivity contribution in [2.24, 2.45) is 0 Å². The van der Waals surface area contributed by atoms with Crippen LogP contribution in [0.1, 0.15) is 134 Å². The molecule has 3 aliphatic rings. The molecule has 264 valence electrons. The molecule has 0 radical (unpaired) electrons. The Morgan fingerprint density at radius 2 is 1.25 bits per heavy atom. The number of hydrogen-bond donors (Lipinski definition) is 0. The lowest BCUT2D eigenvalue weighted by Gasteiger charge is -2.47. The minimum Gasteiger partial charge on any atom is -0.459 e. The highest BCUT2D eigenvalue weighted by molar-refractivity contribution is 5.86. The molecule has 1 spiro atoms. The Kier molecular flexibility index (Phi) is 13.8. The Labute approximate surface area is 289 Å². The van der Waals surface area contributed by atoms with Crippen molar-refractivity contribution in [3.05, 3.63) is 71.8 Å². The summed E-state index contributed by atoms with van der Waals surface area (Å²) in [6.45, 7) is 6.72. The van der Waals surface area contributed by atoms with Crippen LogP contribution in [0, 0.1) is 0 Å². The summed E-state index contributed by atoms with van der Waals surface area (Å²) in [4.78, 5) is 27.3. The van der Waals surface area contributed by atoms with Gasteiger partial charge in [0.2, 0.25) is 11.9 Å². The van der Waals surface area contributed by atoms with Gasteiger partial charge in [0.15, 0.2) is 0 Å². The highest BCUT2D eigenvalue weighted by Crippen LogP contribution is 2.47. The summed E-state index contributed by atoms with van der Waals surface area (Å²) in [7, 11) is 0. The fourth-order valence-corrected chi connectivity index (χ4v) is 8.84. The van der Waals surface area contributed by atoms with Gasteiger partial charge in [-0.25, -0.2) is 9.59 Å². The van der Waals surface area contributed by atoms with E-state index in [0.29, 0.717) is 29.8 Å². The normalized spacial score (nSPS) is 22.0. The lowest BCUT2D eigenvalue weighted by Crippen LogP contribution is -2.60. The maximum Gasteiger partial charge on any atom is 0.510 e. The molecular weight excluding hydrogens is 602 g/mol. The highest BCUT2D eigenvalue weighted by atomic mass is 16.8. The standard InChI is InChI=1S/C41H60NO6/c1-3-4-5-6-7-8-9-10-11-12-21-30-45-40(44)46-33(2)48-41(34-22-15-13-16-23-34,35-24-17-14-18-25-35)39(43)47-38-31-36-26-27-37(32-38)42(36)28-19-20-29-42/h13-18,22-25,33,36-38H,3-12,19-21,26-32H2,1-2H3/q+1. The molecule has 2 aromatic carbocycles. The minimum absolute atomic E-state index is 0.165. The van der Waals surface area contributed by atoms with Gasteiger partial charge in [0.05, 0.1) is 31.8 Å². The number of carbonyl (C=O) groups excluding carboxylic acids is 2. The van der Waals surface area contributed by atoms with Gasteiger partial charge in [-0.1, -0.05) is 132 Å². The second-order valence-electron chi connectivity index (χ2n) is 14.5. The van der Waals surface area contributed by atoms with Gasteiger partial charge in [0.1, 0.15) is 6.10 Å². The average Bonchev–Trinajstić information content (AvgIpc) is 3.64. The number of quaternary nitrogens is 1. The predicted molar refractivity (Wildman–Crippen MR) is 188 cm³/mol. The number of rotatable bonds is 19. The summed E-state index contributed by atoms with van der Waals surface area (Å²) in [6, 6.07) is 20.0. The molecule has 2 aromatic rings. The molecule has 0 aromatic heterocycles. The molecule has 2 bridgehead atoms. The van der Waals surface area contributed by atoms with Crippen LogP contribution in [0.25, 0.3) is 0 Å². The van der Waals surface area contributed by atoms with Crippen molar-refractivity contribution in [2.75, 3.05) is 19.7 Å². The molecule has 7 heteroatoms. The second-order valence-corrected chi connectivity index (χ2v) is 14.5. The van der Waals surface area contributed by atoms with Crippen LogP contribution in [0.4, 0.5) is 4.79 Å². The van der Waals surface area contributed by atoms with E-state index in [1.54, 1.807) is 6.92 Å². The lowest BCUT2D eigenvalue weighted by molar-refractivity contribution is -0.956. The first-order valence-electron chi connectivity index (χ1n) is 19.2. The summed E-state index contributed by atoms with van der Waals surface area (Å²) in [5, 5.41) is 0. The zero-order chi connectivity index (χ0) is 33.7. The maximum atomic E-state index is 14.6. The van der Waals surface area contributed by atoms with Gasteiger partial charge in [0, 0.05) is 38.5 Å². The van der Waals surface area contributed by atoms with Crippen LogP contribution in [0.5, 0.6) is 0 Å². The van der Waals surface area contributed by atoms with E-state index in [9.17, 15) is 9.59 Å². The third kappa shape index (κ3) is 9.01. The van der Waals surface area contributed by atoms with E-state index in [4.69, 9.17) is 18.9 Å². The summed E-state index contributed by atoms with van der Waals surface area (Å²) in [6.07, 6.45) is 18.3. The van der Waals surface area contributed by atoms with E-state index < -0.39 is 24.0 Å². The van der Waals surface area contributed by atoms with Crippen LogP contribution in [0.2, 0.25) is 0 Å². The van der Waals surface area contributed by atoms with E-state index >= 15 is 0 Å². The molecule has 0 saturated carbocycles. The zero-order valence-electron chi connectivity index (χ0n) is 29.6. The van der Waals surface area contributed by atoms with Gasteiger partial charge in [-0.2, -0.15) is 0 Å². The number of unbranched alkanes of at least 4 members (excludes halogenated alkanes) is 10. The van der Waals surface area contributed by atoms with E-state index in [-0.39, 0.29) is 6.10 Å². The SMILES string of the molecule is CCCCCCCCCCCCCOC(=O)OC(C)OC(C(=O)OC1CC2CCC(C1)[N+]21CCCC1)(c1ccccc1)c1ccccc1. The predicted octanol–water partition coefficient (Wildman–Crippen LogP) is 9.60. The monoisotopic (exact) mass is 662 g/mol. The van der Waals surface area contributed by atoms with Crippen molar-refractivity contribution in [3.63, 3.8) is 0 Å². The Morgan fingerprint density at radius 3 is 1.77 bits per heavy atom. The number of ether oxygens (including phenoxy) is 4. The second kappa shape index (κ2) is 18.2. The summed E-state index contributed by atoms with van der Waals surface area (Å²) < 4.78 is 25.3. The van der Waals surface area contributed by atoms with E-state index in [1.807, 2.05) is 60.7 Å². The topological polar surface area (TPSA) is 71.1 Å². The molecule has 3 saturated heterocycles. The van der Waals surface area contributed by atoms with Crippen LogP contribution >= 0.6 is 0 Å². The maximum absolute atomic E-state index is 14.6. The fourth-order valence-electron chi connectivity index (χ4n) is 8.84. The Morgan fingerprint density at radius 1 is 0.750 bits per heavy atom. The third-order valence-electron chi connectivity index (χ3n) is 11.3. The molecule has 3 aliphatic heterocycles. The van der Waals surface area contributed by atoms with E-state index in [2.05, 4.69) is 6.92 Å². The molecule has 3 heterocycles. The van der Waals surface area contributed by atoms with Crippen molar-refractivity contribution in [1.82, 2.24) is 0 Å². The number of esters is 1. The smallest absolute Gasteiger partial charge is 0.459 e. The Bertz CT molecular complexity index is 1190. The molecule has 3 unspecified atom stereocenters. The molecule has 0 aliphatic carbocycles. The number of nitrogens with zero attached hydrogens (tertiary/aromatic N) is 1. The largest absolute Gasteiger partial charge is 0.510 e. The molecule has 5 rings (SSSR count). The molecule has 48 heavy (non-hydrogen) atoms. The van der Waals surface area contributed by atoms with Gasteiger partial charge >= 0.3 is 12.1 Å². The van der Waals surface area contributed by atoms with Crippen LogP contribution in [-0.2, 0) is 29.3 Å². The molecule has 7 nitrogen and oxygen atoms in total. The zero-order valence-corrected chi connectivity index (χ0v) is 29.6. The van der Waals surface area contributed by atoms with Gasteiger partial charge < -0.3 is 23.4 Å². The molecule has 3 fully saturated rings. The number of benzene rings is 2. The summed E-state index contributed by atoms with van der Waals surface area (Å²) in [5.74, 6) is -0.469. The first kappa shape index (κ1) is 36.4. The summed E-state index contributed by atoms with van der Waals surface area (Å²) in [5.41, 5.74) is -0.352. The van der Waals surface area contributed by atoms with Crippen molar-refractivity contribution >= 4 is 12.1 Å². The van der Waals surface area contributed by atoms with E-state index in [1.165, 1.54) is 94.6 Å². The summed E-state index contributed by atoms with van der Waals surface area (Å²) >= 11 is 0. The lowest BCUT2D eigenvalue weighted by atomic mass is 9.85. The minimum atomic E-state index is -1.62. The molecular formula is C41H60NO6+. The van der Waals surface area contributed by atoms with Crippen molar-refractivity contribution < 1.29 is 33.0 Å². The van der Waals surface area contributed by atoms with Crippen LogP contribution < -0.4 is 0 Å². The third-order valence-corrected chi connectivity index (χ3v) is 11.3. The van der Waals surface area contributed by atoms with Crippen LogP contribution in [0.3, 0.4) is 0 Å². The van der Waals surface area contributed by atoms with Gasteiger partial charge in [-0.3, -0.25) is 0 Å². The van der Waals surface area contributed by atoms with E-state index in [0.717, 1.165) is 32.1 Å². The molecule has 0 N–H and O–H groups in total. The van der Waals surface area contributed by atoms with Crippen molar-refractivity contribution in [1.29, 1.82) is 0 Å². The van der Waals surface area contributed by atoms with Gasteiger partial charge in [-0.05, 0) is 24.5 Å². The van der Waals surface area contributed by atoms with Crippen LogP contribution in [0.15, 0.2) is 60.7 Å². The Hall–Kier alpha value is -2.90. The first-order valence-corrected chi connectivity index (χ1v) is 19.2. The molecule has 3 atom stereocenters. The van der Waals surface area contributed by atoms with Gasteiger partial charge in [0.25, 0.3) is 0 Å². The molecule has 0 amide bonds. The van der Waals surface area contributed by atoms with Gasteiger partial charge in [-0.15, -0.1) is 0 Å².